The Kier molecular flexibility index (Phi) is 5.73. The quantitative estimate of drug-likeness (QED) is 0.552. The first-order valence-corrected chi connectivity index (χ1v) is 11.1. The summed E-state index contributed by atoms with van der Waals surface area (Å²) in [5.74, 6) is -0.833. The molecule has 0 unspecified atom stereocenters. The van der Waals surface area contributed by atoms with Crippen molar-refractivity contribution >= 4 is 35.4 Å². The minimum atomic E-state index is -0.604. The van der Waals surface area contributed by atoms with Crippen molar-refractivity contribution in [3.8, 4) is 0 Å². The average molecular weight is 438 g/mol. The van der Waals surface area contributed by atoms with Gasteiger partial charge in [0.15, 0.2) is 0 Å². The predicted molar refractivity (Wildman–Crippen MR) is 119 cm³/mol. The number of carbonyl (C=O) groups is 3. The Balaban J connectivity index is 1.57. The van der Waals surface area contributed by atoms with Crippen molar-refractivity contribution in [2.45, 2.75) is 24.8 Å². The fourth-order valence-corrected chi connectivity index (χ4v) is 4.10. The number of esters is 1. The number of nitrogens with one attached hydrogen (secondary N) is 2. The highest BCUT2D eigenvalue weighted by Crippen LogP contribution is 2.35. The maximum absolute atomic E-state index is 12.9. The van der Waals surface area contributed by atoms with Crippen molar-refractivity contribution in [3.63, 3.8) is 0 Å². The van der Waals surface area contributed by atoms with Gasteiger partial charge in [-0.15, -0.1) is 11.8 Å². The molecule has 0 bridgehead atoms. The van der Waals surface area contributed by atoms with E-state index in [-0.39, 0.29) is 19.1 Å². The van der Waals surface area contributed by atoms with E-state index in [1.807, 2.05) is 62.6 Å². The SMILES string of the molecule is CSc1ccc([C@@H]2NC(=O)N(CC(=O)Nc3ccc(C)c(C)c3)C3=C2C(=O)OC3)cc1. The van der Waals surface area contributed by atoms with E-state index in [2.05, 4.69) is 10.6 Å². The lowest BCUT2D eigenvalue weighted by molar-refractivity contribution is -0.136. The summed E-state index contributed by atoms with van der Waals surface area (Å²) in [5.41, 5.74) is 4.44. The molecule has 2 aromatic carbocycles. The molecule has 1 atom stereocenters. The number of hydrogen-bond donors (Lipinski definition) is 2. The van der Waals surface area contributed by atoms with Crippen molar-refractivity contribution in [3.05, 3.63) is 70.4 Å². The number of nitrogens with zero attached hydrogens (tertiary/aromatic N) is 1. The molecule has 31 heavy (non-hydrogen) atoms. The van der Waals surface area contributed by atoms with Gasteiger partial charge in [0.2, 0.25) is 5.91 Å². The van der Waals surface area contributed by atoms with Crippen molar-refractivity contribution in [1.82, 2.24) is 10.2 Å². The molecule has 160 valence electrons. The molecular weight excluding hydrogens is 414 g/mol. The van der Waals surface area contributed by atoms with Crippen molar-refractivity contribution in [2.24, 2.45) is 0 Å². The molecular formula is C23H23N3O4S. The van der Waals surface area contributed by atoms with E-state index in [4.69, 9.17) is 4.74 Å². The van der Waals surface area contributed by atoms with Crippen LogP contribution in [0.25, 0.3) is 0 Å². The van der Waals surface area contributed by atoms with Gasteiger partial charge in [-0.2, -0.15) is 0 Å². The van der Waals surface area contributed by atoms with Crippen molar-refractivity contribution in [2.75, 3.05) is 24.7 Å². The maximum atomic E-state index is 12.9. The summed E-state index contributed by atoms with van der Waals surface area (Å²) in [6, 6.07) is 12.2. The van der Waals surface area contributed by atoms with Gasteiger partial charge in [-0.1, -0.05) is 18.2 Å². The number of amides is 3. The molecule has 0 saturated carbocycles. The van der Waals surface area contributed by atoms with Crippen molar-refractivity contribution < 1.29 is 19.1 Å². The number of benzene rings is 2. The predicted octanol–water partition coefficient (Wildman–Crippen LogP) is 3.54. The zero-order valence-electron chi connectivity index (χ0n) is 17.5. The van der Waals surface area contributed by atoms with Gasteiger partial charge in [0.1, 0.15) is 13.2 Å². The third-order valence-corrected chi connectivity index (χ3v) is 6.28. The molecule has 2 N–H and O–H groups in total. The topological polar surface area (TPSA) is 87.7 Å². The zero-order chi connectivity index (χ0) is 22.1. The van der Waals surface area contributed by atoms with Crippen LogP contribution in [0.1, 0.15) is 22.7 Å². The number of thioether (sulfide) groups is 1. The number of anilines is 1. The lowest BCUT2D eigenvalue weighted by Gasteiger charge is -2.32. The van der Waals surface area contributed by atoms with Crippen LogP contribution in [-0.4, -0.2) is 42.2 Å². The molecule has 3 amide bonds. The third-order valence-electron chi connectivity index (χ3n) is 5.54. The second-order valence-corrected chi connectivity index (χ2v) is 8.41. The molecule has 8 heteroatoms. The van der Waals surface area contributed by atoms with E-state index < -0.39 is 18.0 Å². The summed E-state index contributed by atoms with van der Waals surface area (Å²) in [6.07, 6.45) is 1.98. The maximum Gasteiger partial charge on any atom is 0.338 e. The molecule has 0 saturated heterocycles. The zero-order valence-corrected chi connectivity index (χ0v) is 18.3. The first-order chi connectivity index (χ1) is 14.9. The van der Waals surface area contributed by atoms with Gasteiger partial charge < -0.3 is 15.4 Å². The molecule has 2 aliphatic rings. The number of ether oxygens (including phenoxy) is 1. The molecule has 0 radical (unpaired) electrons. The molecule has 2 aromatic rings. The number of urea groups is 1. The Labute approximate surface area is 184 Å². The minimum absolute atomic E-state index is 0.0299. The largest absolute Gasteiger partial charge is 0.456 e. The van der Waals surface area contributed by atoms with Crippen LogP contribution in [0.5, 0.6) is 0 Å². The van der Waals surface area contributed by atoms with E-state index in [0.29, 0.717) is 17.0 Å². The fraction of sp³-hybridized carbons (Fsp3) is 0.261. The second kappa shape index (κ2) is 8.47. The standard InChI is InChI=1S/C23H23N3O4S/c1-13-4-7-16(10-14(13)2)24-19(27)11-26-18-12-30-22(28)20(18)21(25-23(26)29)15-5-8-17(31-3)9-6-15/h4-10,21H,11-12H2,1-3H3,(H,24,27)(H,25,29)/t21-/m0/s1. The molecule has 2 heterocycles. The first-order valence-electron chi connectivity index (χ1n) is 9.86. The lowest BCUT2D eigenvalue weighted by atomic mass is 9.96. The minimum Gasteiger partial charge on any atom is -0.456 e. The van der Waals surface area contributed by atoms with Gasteiger partial charge in [-0.3, -0.25) is 9.69 Å². The van der Waals surface area contributed by atoms with Crippen LogP contribution in [0.3, 0.4) is 0 Å². The van der Waals surface area contributed by atoms with Crippen molar-refractivity contribution in [1.29, 1.82) is 0 Å². The Morgan fingerprint density at radius 1 is 1.16 bits per heavy atom. The van der Waals surface area contributed by atoms with Gasteiger partial charge in [-0.05, 0) is 61.1 Å². The van der Waals surface area contributed by atoms with Gasteiger partial charge >= 0.3 is 12.0 Å². The highest BCUT2D eigenvalue weighted by Gasteiger charge is 2.42. The van der Waals surface area contributed by atoms with E-state index in [1.54, 1.807) is 11.8 Å². The summed E-state index contributed by atoms with van der Waals surface area (Å²) in [4.78, 5) is 40.3. The summed E-state index contributed by atoms with van der Waals surface area (Å²) in [7, 11) is 0. The Morgan fingerprint density at radius 2 is 1.90 bits per heavy atom. The van der Waals surface area contributed by atoms with Gasteiger partial charge in [0.05, 0.1) is 17.3 Å². The van der Waals surface area contributed by atoms with Gasteiger partial charge in [0.25, 0.3) is 0 Å². The van der Waals surface area contributed by atoms with Crippen LogP contribution in [0.15, 0.2) is 58.6 Å². The van der Waals surface area contributed by atoms with Crippen LogP contribution in [-0.2, 0) is 14.3 Å². The summed E-state index contributed by atoms with van der Waals surface area (Å²) >= 11 is 1.61. The molecule has 0 spiro atoms. The number of hydrogen-bond acceptors (Lipinski definition) is 5. The highest BCUT2D eigenvalue weighted by molar-refractivity contribution is 7.98. The monoisotopic (exact) mass is 437 g/mol. The van der Waals surface area contributed by atoms with Gasteiger partial charge in [-0.25, -0.2) is 9.59 Å². The second-order valence-electron chi connectivity index (χ2n) is 7.53. The first kappa shape index (κ1) is 21.0. The molecule has 4 rings (SSSR count). The van der Waals surface area contributed by atoms with E-state index in [1.165, 1.54) is 4.90 Å². The fourth-order valence-electron chi connectivity index (χ4n) is 3.69. The number of carbonyl (C=O) groups excluding carboxylic acids is 3. The smallest absolute Gasteiger partial charge is 0.338 e. The molecule has 2 aliphatic heterocycles. The van der Waals surface area contributed by atoms with Crippen LogP contribution in [0.2, 0.25) is 0 Å². The van der Waals surface area contributed by atoms with Crippen LogP contribution < -0.4 is 10.6 Å². The summed E-state index contributed by atoms with van der Waals surface area (Å²) < 4.78 is 5.22. The molecule has 7 nitrogen and oxygen atoms in total. The normalized spacial score (nSPS) is 17.9. The van der Waals surface area contributed by atoms with E-state index in [9.17, 15) is 14.4 Å². The summed E-state index contributed by atoms with van der Waals surface area (Å²) in [6.45, 7) is 3.72. The Bertz CT molecular complexity index is 1090. The van der Waals surface area contributed by atoms with Crippen LogP contribution in [0, 0.1) is 13.8 Å². The molecule has 0 aromatic heterocycles. The Hall–Kier alpha value is -3.26. The lowest BCUT2D eigenvalue weighted by Crippen LogP contribution is -2.49. The molecule has 0 fully saturated rings. The van der Waals surface area contributed by atoms with E-state index >= 15 is 0 Å². The third kappa shape index (κ3) is 4.16. The molecule has 0 aliphatic carbocycles. The number of aryl methyl sites for hydroxylation is 2. The van der Waals surface area contributed by atoms with Gasteiger partial charge in [0, 0.05) is 10.6 Å². The number of rotatable bonds is 5. The average Bonchev–Trinajstić information content (AvgIpc) is 3.14. The number of cyclic esters (lactones) is 1. The van der Waals surface area contributed by atoms with Crippen LogP contribution in [0.4, 0.5) is 10.5 Å². The highest BCUT2D eigenvalue weighted by atomic mass is 32.2. The summed E-state index contributed by atoms with van der Waals surface area (Å²) in [5, 5.41) is 5.66. The Morgan fingerprint density at radius 3 is 2.58 bits per heavy atom. The van der Waals surface area contributed by atoms with E-state index in [0.717, 1.165) is 21.6 Å². The van der Waals surface area contributed by atoms with Crippen LogP contribution >= 0.6 is 11.8 Å².